The van der Waals surface area contributed by atoms with Crippen LogP contribution in [-0.4, -0.2) is 54.5 Å². The quantitative estimate of drug-likeness (QED) is 0.434. The number of aromatic nitrogens is 1. The molecule has 1 fully saturated rings. The van der Waals surface area contributed by atoms with Crippen molar-refractivity contribution in [1.82, 2.24) is 15.2 Å². The molecule has 33 heavy (non-hydrogen) atoms. The van der Waals surface area contributed by atoms with Gasteiger partial charge < -0.3 is 25.1 Å². The van der Waals surface area contributed by atoms with Gasteiger partial charge in [-0.2, -0.15) is 0 Å². The Bertz CT molecular complexity index is 1190. The van der Waals surface area contributed by atoms with E-state index in [2.05, 4.69) is 15.6 Å². The van der Waals surface area contributed by atoms with E-state index >= 15 is 0 Å². The minimum Gasteiger partial charge on any atom is -0.493 e. The summed E-state index contributed by atoms with van der Waals surface area (Å²) >= 11 is 0. The third kappa shape index (κ3) is 4.77. The molecular formula is C24H26N4O5. The zero-order chi connectivity index (χ0) is 23.4. The maximum Gasteiger partial charge on any atom is 0.324 e. The van der Waals surface area contributed by atoms with Crippen molar-refractivity contribution < 1.29 is 23.9 Å². The molecule has 1 saturated heterocycles. The second-order valence-electron chi connectivity index (χ2n) is 7.76. The second-order valence-corrected chi connectivity index (χ2v) is 7.76. The number of urea groups is 1. The number of methoxy groups -OCH3 is 2. The fraction of sp³-hybridized carbons (Fsp3) is 0.292. The van der Waals surface area contributed by atoms with Crippen molar-refractivity contribution in [1.29, 1.82) is 0 Å². The first-order valence-electron chi connectivity index (χ1n) is 10.7. The number of benzene rings is 2. The highest BCUT2D eigenvalue weighted by molar-refractivity contribution is 6.05. The predicted octanol–water partition coefficient (Wildman–Crippen LogP) is 3.07. The van der Waals surface area contributed by atoms with Gasteiger partial charge >= 0.3 is 6.03 Å². The van der Waals surface area contributed by atoms with Crippen LogP contribution in [-0.2, 0) is 16.0 Å². The fourth-order valence-electron chi connectivity index (χ4n) is 3.94. The molecule has 1 atom stereocenters. The van der Waals surface area contributed by atoms with Crippen LogP contribution in [0.1, 0.15) is 18.4 Å². The lowest BCUT2D eigenvalue weighted by atomic mass is 10.1. The van der Waals surface area contributed by atoms with E-state index in [1.54, 1.807) is 20.3 Å². The van der Waals surface area contributed by atoms with Crippen molar-refractivity contribution in [2.24, 2.45) is 0 Å². The number of carbonyl (C=O) groups is 3. The maximum absolute atomic E-state index is 12.7. The molecule has 0 saturated carbocycles. The van der Waals surface area contributed by atoms with Gasteiger partial charge in [0, 0.05) is 30.1 Å². The number of ether oxygens (including phenoxy) is 2. The molecule has 9 nitrogen and oxygen atoms in total. The van der Waals surface area contributed by atoms with Gasteiger partial charge in [0.2, 0.25) is 5.91 Å². The first-order valence-corrected chi connectivity index (χ1v) is 10.7. The van der Waals surface area contributed by atoms with Gasteiger partial charge in [-0.25, -0.2) is 4.79 Å². The fourth-order valence-corrected chi connectivity index (χ4v) is 3.94. The third-order valence-corrected chi connectivity index (χ3v) is 5.71. The van der Waals surface area contributed by atoms with E-state index in [0.717, 1.165) is 16.5 Å². The summed E-state index contributed by atoms with van der Waals surface area (Å²) < 4.78 is 10.5. The summed E-state index contributed by atoms with van der Waals surface area (Å²) in [5, 5.41) is 6.48. The molecule has 9 heteroatoms. The minimum atomic E-state index is -0.711. The molecule has 4 rings (SSSR count). The number of amides is 4. The highest BCUT2D eigenvalue weighted by Gasteiger charge is 2.37. The van der Waals surface area contributed by atoms with Gasteiger partial charge in [0.1, 0.15) is 6.04 Å². The van der Waals surface area contributed by atoms with Crippen molar-refractivity contribution in [3.8, 4) is 11.5 Å². The molecule has 1 aliphatic heterocycles. The molecule has 0 radical (unpaired) electrons. The topological polar surface area (TPSA) is 113 Å². The van der Waals surface area contributed by atoms with E-state index in [-0.39, 0.29) is 31.2 Å². The summed E-state index contributed by atoms with van der Waals surface area (Å²) in [4.78, 5) is 41.8. The van der Waals surface area contributed by atoms with Gasteiger partial charge in [0.05, 0.1) is 19.9 Å². The number of imide groups is 1. The van der Waals surface area contributed by atoms with E-state index in [0.29, 0.717) is 23.6 Å². The van der Waals surface area contributed by atoms with Crippen molar-refractivity contribution in [2.75, 3.05) is 26.1 Å². The van der Waals surface area contributed by atoms with E-state index in [1.807, 2.05) is 42.6 Å². The van der Waals surface area contributed by atoms with Gasteiger partial charge in [-0.1, -0.05) is 12.1 Å². The zero-order valence-corrected chi connectivity index (χ0v) is 18.5. The number of fused-ring (bicyclic) bond motifs is 1. The number of rotatable bonds is 9. The molecule has 172 valence electrons. The summed E-state index contributed by atoms with van der Waals surface area (Å²) in [6.07, 6.45) is 2.63. The Morgan fingerprint density at radius 2 is 1.91 bits per heavy atom. The van der Waals surface area contributed by atoms with E-state index in [1.165, 1.54) is 4.90 Å². The lowest BCUT2D eigenvalue weighted by molar-refractivity contribution is -0.127. The van der Waals surface area contributed by atoms with Crippen LogP contribution in [0.5, 0.6) is 11.5 Å². The Morgan fingerprint density at radius 1 is 1.09 bits per heavy atom. The third-order valence-electron chi connectivity index (χ3n) is 5.71. The monoisotopic (exact) mass is 450 g/mol. The van der Waals surface area contributed by atoms with Crippen LogP contribution >= 0.6 is 0 Å². The van der Waals surface area contributed by atoms with Crippen molar-refractivity contribution in [3.63, 3.8) is 0 Å². The lowest BCUT2D eigenvalue weighted by Gasteiger charge is -2.14. The molecule has 0 aliphatic carbocycles. The Kier molecular flexibility index (Phi) is 6.48. The number of hydrogen-bond donors (Lipinski definition) is 3. The number of H-pyrrole nitrogens is 1. The standard InChI is InChI=1S/C24H26N4O5/c1-32-20-8-6-15(14-21(20)33-2)11-13-28-23(30)19(27-24(28)31)7-9-22(29)26-18-5-3-4-17-16(18)10-12-25-17/h3-6,8,10,12,14,19,25H,7,9,11,13H2,1-2H3,(H,26,29)(H,27,31). The highest BCUT2D eigenvalue weighted by Crippen LogP contribution is 2.28. The van der Waals surface area contributed by atoms with Gasteiger partial charge in [0.15, 0.2) is 11.5 Å². The predicted molar refractivity (Wildman–Crippen MR) is 123 cm³/mol. The summed E-state index contributed by atoms with van der Waals surface area (Å²) in [5.41, 5.74) is 2.54. The first kappa shape index (κ1) is 22.2. The normalized spacial score (nSPS) is 15.6. The van der Waals surface area contributed by atoms with Crippen LogP contribution in [0, 0.1) is 0 Å². The van der Waals surface area contributed by atoms with Crippen LogP contribution in [0.4, 0.5) is 10.5 Å². The molecule has 0 bridgehead atoms. The average Bonchev–Trinajstić information content (AvgIpc) is 3.41. The number of hydrogen-bond acceptors (Lipinski definition) is 5. The largest absolute Gasteiger partial charge is 0.493 e. The van der Waals surface area contributed by atoms with Gasteiger partial charge in [-0.15, -0.1) is 0 Å². The van der Waals surface area contributed by atoms with Gasteiger partial charge in [-0.3, -0.25) is 14.5 Å². The van der Waals surface area contributed by atoms with Crippen LogP contribution in [0.15, 0.2) is 48.7 Å². The Labute approximate surface area is 191 Å². The highest BCUT2D eigenvalue weighted by atomic mass is 16.5. The second kappa shape index (κ2) is 9.64. The van der Waals surface area contributed by atoms with Crippen molar-refractivity contribution >= 4 is 34.4 Å². The van der Waals surface area contributed by atoms with Crippen molar-refractivity contribution in [3.05, 3.63) is 54.2 Å². The Hall–Kier alpha value is -4.01. The summed E-state index contributed by atoms with van der Waals surface area (Å²) in [5.74, 6) is 0.671. The molecule has 4 amide bonds. The maximum atomic E-state index is 12.7. The van der Waals surface area contributed by atoms with Crippen LogP contribution in [0.2, 0.25) is 0 Å². The van der Waals surface area contributed by atoms with E-state index in [4.69, 9.17) is 9.47 Å². The molecule has 1 aromatic heterocycles. The number of nitrogens with one attached hydrogen (secondary N) is 3. The molecule has 3 aromatic rings. The molecular weight excluding hydrogens is 424 g/mol. The Balaban J connectivity index is 1.31. The summed E-state index contributed by atoms with van der Waals surface area (Å²) in [6.45, 7) is 0.234. The molecule has 3 N–H and O–H groups in total. The number of nitrogens with zero attached hydrogens (tertiary/aromatic N) is 1. The number of aromatic amines is 1. The molecule has 0 spiro atoms. The summed E-state index contributed by atoms with van der Waals surface area (Å²) in [7, 11) is 3.12. The van der Waals surface area contributed by atoms with Gasteiger partial charge in [-0.05, 0) is 48.7 Å². The van der Waals surface area contributed by atoms with Crippen LogP contribution in [0.25, 0.3) is 10.9 Å². The smallest absolute Gasteiger partial charge is 0.324 e. The summed E-state index contributed by atoms with van der Waals surface area (Å²) in [6, 6.07) is 11.8. The van der Waals surface area contributed by atoms with E-state index in [9.17, 15) is 14.4 Å². The molecule has 1 aliphatic rings. The average molecular weight is 450 g/mol. The van der Waals surface area contributed by atoms with Crippen LogP contribution in [0.3, 0.4) is 0 Å². The van der Waals surface area contributed by atoms with Crippen LogP contribution < -0.4 is 20.1 Å². The molecule has 2 heterocycles. The zero-order valence-electron chi connectivity index (χ0n) is 18.5. The minimum absolute atomic E-state index is 0.112. The number of anilines is 1. The Morgan fingerprint density at radius 3 is 2.70 bits per heavy atom. The van der Waals surface area contributed by atoms with E-state index < -0.39 is 12.1 Å². The first-order chi connectivity index (χ1) is 16.0. The number of carbonyl (C=O) groups excluding carboxylic acids is 3. The SMILES string of the molecule is COc1ccc(CCN2C(=O)NC(CCC(=O)Nc3cccc4[nH]ccc34)C2=O)cc1OC. The van der Waals surface area contributed by atoms with Gasteiger partial charge in [0.25, 0.3) is 5.91 Å². The van der Waals surface area contributed by atoms with Crippen molar-refractivity contribution in [2.45, 2.75) is 25.3 Å². The molecule has 2 aromatic carbocycles. The lowest BCUT2D eigenvalue weighted by Crippen LogP contribution is -2.33. The molecule has 1 unspecified atom stereocenters.